The van der Waals surface area contributed by atoms with Crippen LogP contribution in [0.2, 0.25) is 10.0 Å². The van der Waals surface area contributed by atoms with Crippen molar-refractivity contribution >= 4 is 34.8 Å². The smallest absolute Gasteiger partial charge is 0.226 e. The van der Waals surface area contributed by atoms with E-state index >= 15 is 0 Å². The summed E-state index contributed by atoms with van der Waals surface area (Å²) in [5.74, 6) is -0.0892. The highest BCUT2D eigenvalue weighted by atomic mass is 35.5. The fourth-order valence-electron chi connectivity index (χ4n) is 2.54. The quantitative estimate of drug-likeness (QED) is 0.887. The molecule has 1 aliphatic carbocycles. The van der Waals surface area contributed by atoms with Crippen LogP contribution in [0.15, 0.2) is 18.2 Å². The lowest BCUT2D eigenvalue weighted by atomic mass is 9.80. The molecule has 104 valence electrons. The third-order valence-electron chi connectivity index (χ3n) is 3.57. The van der Waals surface area contributed by atoms with Gasteiger partial charge in [0.25, 0.3) is 0 Å². The van der Waals surface area contributed by atoms with Gasteiger partial charge in [0.05, 0.1) is 10.7 Å². The van der Waals surface area contributed by atoms with E-state index in [9.17, 15) is 4.79 Å². The van der Waals surface area contributed by atoms with Crippen LogP contribution in [-0.4, -0.2) is 11.4 Å². The minimum atomic E-state index is -0.360. The summed E-state index contributed by atoms with van der Waals surface area (Å²) in [5, 5.41) is 3.79. The van der Waals surface area contributed by atoms with Crippen molar-refractivity contribution in [2.45, 2.75) is 44.1 Å². The Morgan fingerprint density at radius 1 is 1.26 bits per heavy atom. The molecule has 0 aromatic heterocycles. The van der Waals surface area contributed by atoms with Crippen molar-refractivity contribution in [3.05, 3.63) is 28.2 Å². The first kappa shape index (κ1) is 14.6. The average molecular weight is 301 g/mol. The molecule has 0 saturated heterocycles. The summed E-state index contributed by atoms with van der Waals surface area (Å²) in [7, 11) is 0. The van der Waals surface area contributed by atoms with E-state index in [0.717, 1.165) is 25.7 Å². The number of amides is 1. The Kier molecular flexibility index (Phi) is 4.71. The molecule has 0 spiro atoms. The number of carbonyl (C=O) groups excluding carboxylic acids is 1. The minimum Gasteiger partial charge on any atom is -0.325 e. The molecular weight excluding hydrogens is 283 g/mol. The van der Waals surface area contributed by atoms with Crippen LogP contribution in [-0.2, 0) is 4.79 Å². The Balaban J connectivity index is 1.97. The Hall–Kier alpha value is -0.770. The van der Waals surface area contributed by atoms with Crippen LogP contribution in [0, 0.1) is 0 Å². The van der Waals surface area contributed by atoms with Gasteiger partial charge in [-0.05, 0) is 31.0 Å². The van der Waals surface area contributed by atoms with Crippen molar-refractivity contribution in [3.8, 4) is 0 Å². The Bertz CT molecular complexity index is 471. The summed E-state index contributed by atoms with van der Waals surface area (Å²) >= 11 is 11.8. The highest BCUT2D eigenvalue weighted by molar-refractivity contribution is 6.36. The van der Waals surface area contributed by atoms with Crippen molar-refractivity contribution in [1.29, 1.82) is 0 Å². The Morgan fingerprint density at radius 3 is 2.58 bits per heavy atom. The summed E-state index contributed by atoms with van der Waals surface area (Å²) in [5.41, 5.74) is 6.48. The second kappa shape index (κ2) is 6.12. The monoisotopic (exact) mass is 300 g/mol. The van der Waals surface area contributed by atoms with Crippen LogP contribution in [0.4, 0.5) is 5.69 Å². The molecule has 3 nitrogen and oxygen atoms in total. The van der Waals surface area contributed by atoms with E-state index in [1.807, 2.05) is 0 Å². The second-order valence-corrected chi connectivity index (χ2v) is 6.12. The normalized spacial score (nSPS) is 18.1. The fourth-order valence-corrected chi connectivity index (χ4v) is 2.99. The van der Waals surface area contributed by atoms with Crippen LogP contribution in [0.3, 0.4) is 0 Å². The predicted molar refractivity (Wildman–Crippen MR) is 79.7 cm³/mol. The topological polar surface area (TPSA) is 55.1 Å². The van der Waals surface area contributed by atoms with E-state index in [4.69, 9.17) is 28.9 Å². The van der Waals surface area contributed by atoms with Crippen LogP contribution in [0.5, 0.6) is 0 Å². The molecule has 0 unspecified atom stereocenters. The lowest BCUT2D eigenvalue weighted by Gasteiger charge is -2.32. The lowest BCUT2D eigenvalue weighted by Crippen LogP contribution is -2.44. The number of hydrogen-bond donors (Lipinski definition) is 2. The number of benzene rings is 1. The molecule has 0 bridgehead atoms. The zero-order valence-electron chi connectivity index (χ0n) is 10.7. The first-order valence-corrected chi connectivity index (χ1v) is 7.28. The molecule has 3 N–H and O–H groups in total. The lowest BCUT2D eigenvalue weighted by molar-refractivity contribution is -0.117. The number of nitrogens with two attached hydrogens (primary N) is 1. The van der Waals surface area contributed by atoms with E-state index in [0.29, 0.717) is 22.2 Å². The van der Waals surface area contributed by atoms with Gasteiger partial charge in [-0.2, -0.15) is 0 Å². The second-order valence-electron chi connectivity index (χ2n) is 5.27. The molecule has 2 rings (SSSR count). The third kappa shape index (κ3) is 4.10. The minimum absolute atomic E-state index is 0.0892. The molecule has 1 aromatic rings. The molecule has 0 heterocycles. The maximum atomic E-state index is 12.0. The molecule has 0 atom stereocenters. The summed E-state index contributed by atoms with van der Waals surface area (Å²) in [4.78, 5) is 12.0. The third-order valence-corrected chi connectivity index (χ3v) is 4.11. The zero-order valence-corrected chi connectivity index (χ0v) is 12.2. The maximum absolute atomic E-state index is 12.0. The highest BCUT2D eigenvalue weighted by Crippen LogP contribution is 2.30. The SMILES string of the molecule is NC1(CC(=O)Nc2ccc(Cl)cc2Cl)CCCCC1. The van der Waals surface area contributed by atoms with E-state index < -0.39 is 0 Å². The van der Waals surface area contributed by atoms with Crippen LogP contribution in [0.1, 0.15) is 38.5 Å². The van der Waals surface area contributed by atoms with Gasteiger partial charge in [0.1, 0.15) is 0 Å². The molecule has 19 heavy (non-hydrogen) atoms. The van der Waals surface area contributed by atoms with Gasteiger partial charge >= 0.3 is 0 Å². The first-order chi connectivity index (χ1) is 8.98. The Morgan fingerprint density at radius 2 is 1.95 bits per heavy atom. The van der Waals surface area contributed by atoms with Crippen molar-refractivity contribution < 1.29 is 4.79 Å². The molecule has 0 aliphatic heterocycles. The number of carbonyl (C=O) groups is 1. The average Bonchev–Trinajstić information content (AvgIpc) is 2.33. The standard InChI is InChI=1S/C14H18Cl2N2O/c15-10-4-5-12(11(16)8-10)18-13(19)9-14(17)6-2-1-3-7-14/h4-5,8H,1-3,6-7,9,17H2,(H,18,19). The molecular formula is C14H18Cl2N2O. The van der Waals surface area contributed by atoms with Gasteiger partial charge in [-0.25, -0.2) is 0 Å². The first-order valence-electron chi connectivity index (χ1n) is 6.52. The summed E-state index contributed by atoms with van der Waals surface area (Å²) in [6.07, 6.45) is 5.58. The molecule has 1 aromatic carbocycles. The van der Waals surface area contributed by atoms with E-state index in [2.05, 4.69) is 5.32 Å². The van der Waals surface area contributed by atoms with Crippen LogP contribution >= 0.6 is 23.2 Å². The van der Waals surface area contributed by atoms with E-state index in [-0.39, 0.29) is 11.4 Å². The highest BCUT2D eigenvalue weighted by Gasteiger charge is 2.30. The number of anilines is 1. The molecule has 1 saturated carbocycles. The van der Waals surface area contributed by atoms with Gasteiger partial charge < -0.3 is 11.1 Å². The van der Waals surface area contributed by atoms with Gasteiger partial charge in [0, 0.05) is 17.0 Å². The molecule has 1 aliphatic rings. The van der Waals surface area contributed by atoms with Crippen molar-refractivity contribution in [3.63, 3.8) is 0 Å². The Labute approximate surface area is 123 Å². The van der Waals surface area contributed by atoms with Crippen LogP contribution in [0.25, 0.3) is 0 Å². The summed E-state index contributed by atoms with van der Waals surface area (Å²) in [6, 6.07) is 5.01. The van der Waals surface area contributed by atoms with Crippen molar-refractivity contribution in [2.24, 2.45) is 5.73 Å². The largest absolute Gasteiger partial charge is 0.325 e. The number of nitrogens with one attached hydrogen (secondary N) is 1. The summed E-state index contributed by atoms with van der Waals surface area (Å²) in [6.45, 7) is 0. The van der Waals surface area contributed by atoms with Gasteiger partial charge in [-0.1, -0.05) is 42.5 Å². The fraction of sp³-hybridized carbons (Fsp3) is 0.500. The molecule has 1 amide bonds. The van der Waals surface area contributed by atoms with Crippen molar-refractivity contribution in [1.82, 2.24) is 0 Å². The van der Waals surface area contributed by atoms with Gasteiger partial charge in [-0.15, -0.1) is 0 Å². The predicted octanol–water partition coefficient (Wildman–Crippen LogP) is 3.98. The maximum Gasteiger partial charge on any atom is 0.226 e. The zero-order chi connectivity index (χ0) is 13.9. The molecule has 0 radical (unpaired) electrons. The van der Waals surface area contributed by atoms with Crippen LogP contribution < -0.4 is 11.1 Å². The number of halogens is 2. The van der Waals surface area contributed by atoms with E-state index in [1.54, 1.807) is 18.2 Å². The summed E-state index contributed by atoms with van der Waals surface area (Å²) < 4.78 is 0. The molecule has 1 fully saturated rings. The number of hydrogen-bond acceptors (Lipinski definition) is 2. The van der Waals surface area contributed by atoms with Crippen molar-refractivity contribution in [2.75, 3.05) is 5.32 Å². The van der Waals surface area contributed by atoms with E-state index in [1.165, 1.54) is 6.42 Å². The van der Waals surface area contributed by atoms with Gasteiger partial charge in [0.2, 0.25) is 5.91 Å². The van der Waals surface area contributed by atoms with Gasteiger partial charge in [0.15, 0.2) is 0 Å². The number of rotatable bonds is 3. The molecule has 5 heteroatoms. The van der Waals surface area contributed by atoms with Gasteiger partial charge in [-0.3, -0.25) is 4.79 Å².